The van der Waals surface area contributed by atoms with Crippen LogP contribution < -0.4 is 11.1 Å². The highest BCUT2D eigenvalue weighted by Crippen LogP contribution is 2.20. The van der Waals surface area contributed by atoms with Crippen molar-refractivity contribution in [3.8, 4) is 0 Å². The lowest BCUT2D eigenvalue weighted by atomic mass is 10.1. The van der Waals surface area contributed by atoms with E-state index in [1.54, 1.807) is 24.3 Å². The SMILES string of the molecule is Nc1ccc([N+](=O)[O-])cc1C(=O)OCC(=O)NCc1ccccc1Cl. The van der Waals surface area contributed by atoms with Crippen molar-refractivity contribution in [2.24, 2.45) is 0 Å². The number of rotatable bonds is 6. The third-order valence-corrected chi connectivity index (χ3v) is 3.60. The molecule has 3 N–H and O–H groups in total. The molecule has 1 amide bonds. The molecule has 8 nitrogen and oxygen atoms in total. The molecule has 0 heterocycles. The Morgan fingerprint density at radius 2 is 1.96 bits per heavy atom. The number of esters is 1. The van der Waals surface area contributed by atoms with Crippen LogP contribution in [0.15, 0.2) is 42.5 Å². The fraction of sp³-hybridized carbons (Fsp3) is 0.125. The van der Waals surface area contributed by atoms with Crippen molar-refractivity contribution in [2.45, 2.75) is 6.54 Å². The van der Waals surface area contributed by atoms with Gasteiger partial charge in [-0.05, 0) is 17.7 Å². The van der Waals surface area contributed by atoms with Crippen molar-refractivity contribution in [3.63, 3.8) is 0 Å². The van der Waals surface area contributed by atoms with E-state index in [1.807, 2.05) is 0 Å². The molecule has 0 aliphatic heterocycles. The average molecular weight is 364 g/mol. The molecule has 130 valence electrons. The van der Waals surface area contributed by atoms with Gasteiger partial charge in [0.15, 0.2) is 6.61 Å². The first kappa shape index (κ1) is 18.2. The van der Waals surface area contributed by atoms with Crippen molar-refractivity contribution < 1.29 is 19.2 Å². The molecule has 0 saturated carbocycles. The minimum absolute atomic E-state index is 0.0204. The molecule has 0 aliphatic carbocycles. The first-order valence-corrected chi connectivity index (χ1v) is 7.47. The standard InChI is InChI=1S/C16H14ClN3O5/c17-13-4-2-1-3-10(13)8-19-15(21)9-25-16(22)12-7-11(20(23)24)5-6-14(12)18/h1-7H,8-9,18H2,(H,19,21). The summed E-state index contributed by atoms with van der Waals surface area (Å²) in [6.45, 7) is -0.375. The van der Waals surface area contributed by atoms with Crippen LogP contribution in [0, 0.1) is 10.1 Å². The average Bonchev–Trinajstić information content (AvgIpc) is 2.59. The van der Waals surface area contributed by atoms with Gasteiger partial charge < -0.3 is 15.8 Å². The molecule has 0 bridgehead atoms. The highest BCUT2D eigenvalue weighted by molar-refractivity contribution is 6.31. The van der Waals surface area contributed by atoms with Gasteiger partial charge in [-0.2, -0.15) is 0 Å². The first-order chi connectivity index (χ1) is 11.9. The number of halogens is 1. The van der Waals surface area contributed by atoms with Gasteiger partial charge in [0, 0.05) is 29.4 Å². The van der Waals surface area contributed by atoms with Crippen LogP contribution in [0.4, 0.5) is 11.4 Å². The summed E-state index contributed by atoms with van der Waals surface area (Å²) in [4.78, 5) is 33.8. The zero-order valence-electron chi connectivity index (χ0n) is 12.9. The van der Waals surface area contributed by atoms with Gasteiger partial charge in [0.2, 0.25) is 0 Å². The summed E-state index contributed by atoms with van der Waals surface area (Å²) >= 11 is 5.97. The van der Waals surface area contributed by atoms with Crippen LogP contribution in [0.25, 0.3) is 0 Å². The molecule has 25 heavy (non-hydrogen) atoms. The fourth-order valence-electron chi connectivity index (χ4n) is 1.93. The van der Waals surface area contributed by atoms with Gasteiger partial charge >= 0.3 is 5.97 Å². The van der Waals surface area contributed by atoms with E-state index in [0.717, 1.165) is 6.07 Å². The van der Waals surface area contributed by atoms with E-state index in [0.29, 0.717) is 10.6 Å². The Labute approximate surface area is 147 Å². The predicted molar refractivity (Wildman–Crippen MR) is 91.1 cm³/mol. The maximum absolute atomic E-state index is 11.9. The van der Waals surface area contributed by atoms with Gasteiger partial charge in [0.05, 0.1) is 10.5 Å². The quantitative estimate of drug-likeness (QED) is 0.351. The lowest BCUT2D eigenvalue weighted by molar-refractivity contribution is -0.384. The van der Waals surface area contributed by atoms with Crippen LogP contribution in [-0.2, 0) is 16.1 Å². The van der Waals surface area contributed by atoms with Gasteiger partial charge in [-0.15, -0.1) is 0 Å². The maximum atomic E-state index is 11.9. The molecule has 0 unspecified atom stereocenters. The Morgan fingerprint density at radius 1 is 1.24 bits per heavy atom. The molecule has 2 aromatic carbocycles. The number of amides is 1. The van der Waals surface area contributed by atoms with E-state index in [1.165, 1.54) is 12.1 Å². The zero-order valence-corrected chi connectivity index (χ0v) is 13.7. The van der Waals surface area contributed by atoms with Gasteiger partial charge in [-0.3, -0.25) is 14.9 Å². The summed E-state index contributed by atoms with van der Waals surface area (Å²) in [5.41, 5.74) is 5.87. The number of hydrogen-bond acceptors (Lipinski definition) is 6. The summed E-state index contributed by atoms with van der Waals surface area (Å²) < 4.78 is 4.84. The molecule has 9 heteroatoms. The number of non-ortho nitro benzene ring substituents is 1. The van der Waals surface area contributed by atoms with Crippen LogP contribution in [0.1, 0.15) is 15.9 Å². The van der Waals surface area contributed by atoms with Crippen molar-refractivity contribution in [3.05, 3.63) is 68.7 Å². The molecule has 2 aromatic rings. The normalized spacial score (nSPS) is 10.1. The first-order valence-electron chi connectivity index (χ1n) is 7.09. The molecule has 0 fully saturated rings. The van der Waals surface area contributed by atoms with Crippen LogP contribution in [-0.4, -0.2) is 23.4 Å². The number of anilines is 1. The highest BCUT2D eigenvalue weighted by atomic mass is 35.5. The van der Waals surface area contributed by atoms with Gasteiger partial charge in [0.25, 0.3) is 11.6 Å². The Bertz CT molecular complexity index is 825. The number of nitro benzene ring substituents is 1. The van der Waals surface area contributed by atoms with Crippen molar-refractivity contribution in [2.75, 3.05) is 12.3 Å². The second-order valence-corrected chi connectivity index (χ2v) is 5.38. The van der Waals surface area contributed by atoms with Crippen molar-refractivity contribution >= 4 is 34.9 Å². The van der Waals surface area contributed by atoms with Crippen LogP contribution in [0.3, 0.4) is 0 Å². The molecule has 2 rings (SSSR count). The molecular weight excluding hydrogens is 350 g/mol. The van der Waals surface area contributed by atoms with Crippen molar-refractivity contribution in [1.29, 1.82) is 0 Å². The van der Waals surface area contributed by atoms with Crippen molar-refractivity contribution in [1.82, 2.24) is 5.32 Å². The van der Waals surface area contributed by atoms with E-state index in [-0.39, 0.29) is 23.5 Å². The fourth-order valence-corrected chi connectivity index (χ4v) is 2.13. The molecule has 0 radical (unpaired) electrons. The van der Waals surface area contributed by atoms with Gasteiger partial charge in [-0.1, -0.05) is 29.8 Å². The molecule has 0 spiro atoms. The Balaban J connectivity index is 1.91. The van der Waals surface area contributed by atoms with E-state index >= 15 is 0 Å². The Hall–Kier alpha value is -3.13. The summed E-state index contributed by atoms with van der Waals surface area (Å²) in [6.07, 6.45) is 0. The Morgan fingerprint density at radius 3 is 2.64 bits per heavy atom. The topological polar surface area (TPSA) is 125 Å². The highest BCUT2D eigenvalue weighted by Gasteiger charge is 2.17. The Kier molecular flexibility index (Phi) is 5.91. The monoisotopic (exact) mass is 363 g/mol. The summed E-state index contributed by atoms with van der Waals surface area (Å²) in [6, 6.07) is 10.4. The third-order valence-electron chi connectivity index (χ3n) is 3.24. The largest absolute Gasteiger partial charge is 0.452 e. The number of nitrogens with one attached hydrogen (secondary N) is 1. The third kappa shape index (κ3) is 4.92. The zero-order chi connectivity index (χ0) is 18.4. The smallest absolute Gasteiger partial charge is 0.341 e. The second kappa shape index (κ2) is 8.11. The van der Waals surface area contributed by atoms with Crippen LogP contribution in [0.2, 0.25) is 5.02 Å². The minimum atomic E-state index is -0.922. The van der Waals surface area contributed by atoms with Crippen LogP contribution in [0.5, 0.6) is 0 Å². The molecule has 0 aromatic heterocycles. The number of benzene rings is 2. The van der Waals surface area contributed by atoms with Gasteiger partial charge in [0.1, 0.15) is 0 Å². The second-order valence-electron chi connectivity index (χ2n) is 4.97. The summed E-state index contributed by atoms with van der Waals surface area (Å²) in [5, 5.41) is 13.8. The predicted octanol–water partition coefficient (Wildman–Crippen LogP) is 2.30. The number of carbonyl (C=O) groups is 2. The molecule has 0 saturated heterocycles. The number of ether oxygens (including phenoxy) is 1. The lowest BCUT2D eigenvalue weighted by Gasteiger charge is -2.09. The number of nitrogens with zero attached hydrogens (tertiary/aromatic N) is 1. The number of carbonyl (C=O) groups excluding carboxylic acids is 2. The van der Waals surface area contributed by atoms with Crippen LogP contribution >= 0.6 is 11.6 Å². The number of nitrogens with two attached hydrogens (primary N) is 1. The van der Waals surface area contributed by atoms with E-state index in [4.69, 9.17) is 22.1 Å². The van der Waals surface area contributed by atoms with Gasteiger partial charge in [-0.25, -0.2) is 4.79 Å². The maximum Gasteiger partial charge on any atom is 0.341 e. The number of hydrogen-bond donors (Lipinski definition) is 2. The van der Waals surface area contributed by atoms with E-state index in [9.17, 15) is 19.7 Å². The summed E-state index contributed by atoms with van der Waals surface area (Å²) in [7, 11) is 0. The summed E-state index contributed by atoms with van der Waals surface area (Å²) in [5.74, 6) is -1.47. The van der Waals surface area contributed by atoms with E-state index in [2.05, 4.69) is 5.32 Å². The minimum Gasteiger partial charge on any atom is -0.452 e. The molecule has 0 atom stereocenters. The van der Waals surface area contributed by atoms with E-state index < -0.39 is 23.4 Å². The lowest BCUT2D eigenvalue weighted by Crippen LogP contribution is -2.28. The molecule has 0 aliphatic rings. The molecular formula is C16H14ClN3O5. The number of nitrogen functional groups attached to an aromatic ring is 1. The number of nitro groups is 1.